The van der Waals surface area contributed by atoms with Gasteiger partial charge >= 0.3 is 0 Å². The Morgan fingerprint density at radius 3 is 2.83 bits per heavy atom. The largest absolute Gasteiger partial charge is 0.485 e. The van der Waals surface area contributed by atoms with Gasteiger partial charge in [0.2, 0.25) is 11.9 Å². The second-order valence-corrected chi connectivity index (χ2v) is 11.7. The van der Waals surface area contributed by atoms with Crippen molar-refractivity contribution in [2.75, 3.05) is 23.3 Å². The van der Waals surface area contributed by atoms with E-state index in [2.05, 4.69) is 37.3 Å². The number of pyridine rings is 1. The molecule has 12 heteroatoms. The van der Waals surface area contributed by atoms with Gasteiger partial charge in [0, 0.05) is 29.7 Å². The Hall–Kier alpha value is -4.19. The number of halogens is 3. The Morgan fingerprint density at radius 2 is 2.05 bits per heavy atom. The lowest BCUT2D eigenvalue weighted by Gasteiger charge is -2.24. The third-order valence-corrected chi connectivity index (χ3v) is 8.22. The number of nitrogens with one attached hydrogen (secondary N) is 1. The molecule has 3 aliphatic rings. The summed E-state index contributed by atoms with van der Waals surface area (Å²) >= 11 is 3.27. The summed E-state index contributed by atoms with van der Waals surface area (Å²) in [5.41, 5.74) is 2.68. The monoisotopic (exact) mass is 633 g/mol. The van der Waals surface area contributed by atoms with Crippen LogP contribution < -0.4 is 15.0 Å². The fraction of sp³-hybridized carbons (Fsp3) is 0.300. The zero-order chi connectivity index (χ0) is 28.8. The van der Waals surface area contributed by atoms with Gasteiger partial charge in [0.1, 0.15) is 17.5 Å². The molecule has 214 valence electrons. The first kappa shape index (κ1) is 26.7. The number of ketones is 1. The lowest BCUT2D eigenvalue weighted by Crippen LogP contribution is -2.38. The van der Waals surface area contributed by atoms with Gasteiger partial charge < -0.3 is 15.0 Å². The summed E-state index contributed by atoms with van der Waals surface area (Å²) in [4.78, 5) is 28.6. The van der Waals surface area contributed by atoms with Gasteiger partial charge in [0.25, 0.3) is 0 Å². The van der Waals surface area contributed by atoms with Gasteiger partial charge in [0.05, 0.1) is 19.1 Å². The third kappa shape index (κ3) is 5.50. The van der Waals surface area contributed by atoms with Crippen LogP contribution >= 0.6 is 15.9 Å². The van der Waals surface area contributed by atoms with Gasteiger partial charge in [-0.25, -0.2) is 13.9 Å². The summed E-state index contributed by atoms with van der Waals surface area (Å²) in [5, 5.41) is 8.07. The molecule has 1 aliphatic carbocycles. The van der Waals surface area contributed by atoms with Crippen molar-refractivity contribution in [3.05, 3.63) is 88.3 Å². The topological polar surface area (TPSA) is 97.0 Å². The Balaban J connectivity index is 1.20. The maximum absolute atomic E-state index is 14.6. The van der Waals surface area contributed by atoms with Crippen molar-refractivity contribution in [2.24, 2.45) is 10.9 Å². The highest BCUT2D eigenvalue weighted by Gasteiger charge is 2.40. The highest BCUT2D eigenvalue weighted by atomic mass is 79.9. The van der Waals surface area contributed by atoms with E-state index in [1.165, 1.54) is 36.7 Å². The molecule has 0 radical (unpaired) electrons. The number of aliphatic imine (C=N–C) groups is 1. The van der Waals surface area contributed by atoms with Crippen molar-refractivity contribution in [1.82, 2.24) is 19.6 Å². The molecule has 42 heavy (non-hydrogen) atoms. The van der Waals surface area contributed by atoms with E-state index in [1.54, 1.807) is 27.6 Å². The van der Waals surface area contributed by atoms with Crippen molar-refractivity contribution in [1.29, 1.82) is 0 Å². The van der Waals surface area contributed by atoms with Gasteiger partial charge in [-0.2, -0.15) is 9.37 Å². The number of benzene rings is 1. The predicted octanol–water partition coefficient (Wildman–Crippen LogP) is 5.16. The zero-order valence-corrected chi connectivity index (χ0v) is 24.0. The summed E-state index contributed by atoms with van der Waals surface area (Å²) in [6.45, 7) is 0.946. The molecule has 1 saturated heterocycles. The second-order valence-electron chi connectivity index (χ2n) is 10.8. The molecule has 0 spiro atoms. The Kier molecular flexibility index (Phi) is 6.93. The molecule has 1 N–H and O–H groups in total. The van der Waals surface area contributed by atoms with Crippen LogP contribution in [0, 0.1) is 17.7 Å². The number of aromatic nitrogens is 4. The number of Topliss-reactive ketones (excluding diaryl/α,β-unsaturated/α-hetero) is 1. The quantitative estimate of drug-likeness (QED) is 0.268. The van der Waals surface area contributed by atoms with Crippen molar-refractivity contribution in [3.63, 3.8) is 0 Å². The van der Waals surface area contributed by atoms with E-state index in [1.807, 2.05) is 18.3 Å². The minimum absolute atomic E-state index is 0.0379. The molecule has 1 aromatic carbocycles. The highest BCUT2D eigenvalue weighted by Crippen LogP contribution is 2.38. The molecule has 2 atom stereocenters. The average molecular weight is 634 g/mol. The van der Waals surface area contributed by atoms with E-state index in [9.17, 15) is 13.6 Å². The zero-order valence-electron chi connectivity index (χ0n) is 22.4. The van der Waals surface area contributed by atoms with E-state index in [4.69, 9.17) is 14.8 Å². The van der Waals surface area contributed by atoms with E-state index in [0.29, 0.717) is 40.7 Å². The molecule has 0 amide bonds. The number of rotatable bonds is 8. The number of hydrogen-bond acceptors (Lipinski definition) is 8. The smallest absolute Gasteiger partial charge is 0.246 e. The molecule has 1 saturated carbocycles. The molecular weight excluding hydrogens is 608 g/mol. The van der Waals surface area contributed by atoms with Crippen LogP contribution in [0.4, 0.5) is 20.5 Å². The number of hydrogen-bond donors (Lipinski definition) is 1. The number of ether oxygens (including phenoxy) is 1. The lowest BCUT2D eigenvalue weighted by molar-refractivity contribution is -0.119. The summed E-state index contributed by atoms with van der Waals surface area (Å²) < 4.78 is 36.4. The van der Waals surface area contributed by atoms with Gasteiger partial charge in [-0.05, 0) is 72.4 Å². The van der Waals surface area contributed by atoms with Crippen molar-refractivity contribution >= 4 is 44.8 Å². The third-order valence-electron chi connectivity index (χ3n) is 7.73. The van der Waals surface area contributed by atoms with Crippen LogP contribution in [0.1, 0.15) is 24.8 Å². The fourth-order valence-electron chi connectivity index (χ4n) is 5.47. The molecule has 3 aromatic heterocycles. The molecule has 2 fully saturated rings. The maximum Gasteiger partial charge on any atom is 0.246 e. The Labute approximate surface area is 248 Å². The average Bonchev–Trinajstić information content (AvgIpc) is 3.33. The fourth-order valence-corrected chi connectivity index (χ4v) is 5.80. The van der Waals surface area contributed by atoms with Gasteiger partial charge in [0.15, 0.2) is 23.2 Å². The number of amidine groups is 1. The number of carbonyl (C=O) groups excluding carboxylic acids is 1. The van der Waals surface area contributed by atoms with Crippen LogP contribution in [-0.2, 0) is 11.2 Å². The summed E-state index contributed by atoms with van der Waals surface area (Å²) in [6, 6.07) is 10.5. The van der Waals surface area contributed by atoms with Gasteiger partial charge in [-0.3, -0.25) is 9.79 Å². The minimum atomic E-state index is -0.662. The van der Waals surface area contributed by atoms with Crippen molar-refractivity contribution in [2.45, 2.75) is 37.8 Å². The molecule has 0 bridgehead atoms. The number of anilines is 2. The van der Waals surface area contributed by atoms with Crippen LogP contribution in [0.2, 0.25) is 0 Å². The maximum atomic E-state index is 14.6. The highest BCUT2D eigenvalue weighted by molar-refractivity contribution is 9.10. The van der Waals surface area contributed by atoms with Gasteiger partial charge in [-0.15, -0.1) is 5.10 Å². The molecule has 2 aliphatic heterocycles. The Morgan fingerprint density at radius 1 is 1.17 bits per heavy atom. The number of nitrogens with zero attached hydrogens (tertiary/aromatic N) is 6. The molecular formula is C30H26BrF2N7O2. The van der Waals surface area contributed by atoms with Crippen LogP contribution in [0.3, 0.4) is 0 Å². The summed E-state index contributed by atoms with van der Waals surface area (Å²) in [7, 11) is 0. The first-order valence-corrected chi connectivity index (χ1v) is 14.6. The molecule has 5 heterocycles. The number of fused-ring (bicyclic) bond motifs is 1. The lowest BCUT2D eigenvalue weighted by atomic mass is 10.0. The van der Waals surface area contributed by atoms with Crippen molar-refractivity contribution in [3.8, 4) is 5.75 Å². The number of carbonyl (C=O) groups is 1. The van der Waals surface area contributed by atoms with Crippen LogP contribution in [-0.4, -0.2) is 56.4 Å². The Bertz CT molecular complexity index is 1740. The standard InChI is InChI=1S/C30H26BrF2N7O2/c31-20-6-7-26(22(32)12-20)42-21-13-24(25(41)10-17-3-8-27(33)34-14-17)39(16-21)30-37-29(23-2-1-9-40(23)38-30)36-28-11-19(15-35-28)18-4-5-18/h1-3,6-9,11-12,14,18,21,24H,4-5,10,13,15-16H2,(H,35,36,37,38)/t21-,24-/m0/s1. The van der Waals surface area contributed by atoms with Crippen LogP contribution in [0.25, 0.3) is 5.52 Å². The molecule has 4 aromatic rings. The molecule has 0 unspecified atom stereocenters. The van der Waals surface area contributed by atoms with E-state index >= 15 is 0 Å². The first-order valence-electron chi connectivity index (χ1n) is 13.8. The van der Waals surface area contributed by atoms with Crippen molar-refractivity contribution < 1.29 is 18.3 Å². The van der Waals surface area contributed by atoms with E-state index < -0.39 is 23.9 Å². The SMILES string of the molecule is O=C(Cc1ccc(F)nc1)[C@@H]1C[C@H](Oc2ccc(Br)cc2F)CN1c1nc(NC2=NCC(C3CC3)=C2)c2cccn2n1. The normalized spacial score (nSPS) is 20.1. The van der Waals surface area contributed by atoms with Crippen LogP contribution in [0.5, 0.6) is 5.75 Å². The molecule has 9 nitrogen and oxygen atoms in total. The van der Waals surface area contributed by atoms with Crippen LogP contribution in [0.15, 0.2) is 76.0 Å². The molecule has 7 rings (SSSR count). The van der Waals surface area contributed by atoms with Gasteiger partial charge in [-0.1, -0.05) is 22.0 Å². The summed E-state index contributed by atoms with van der Waals surface area (Å²) in [5.74, 6) is 1.11. The van der Waals surface area contributed by atoms with E-state index in [-0.39, 0.29) is 24.5 Å². The van der Waals surface area contributed by atoms with E-state index in [0.717, 1.165) is 11.4 Å². The minimum Gasteiger partial charge on any atom is -0.485 e. The first-order chi connectivity index (χ1) is 20.4. The predicted molar refractivity (Wildman–Crippen MR) is 157 cm³/mol. The summed E-state index contributed by atoms with van der Waals surface area (Å²) in [6.07, 6.45) is 7.50. The second kappa shape index (κ2) is 10.9.